The maximum absolute atomic E-state index is 10.6. The molecule has 0 bridgehead atoms. The van der Waals surface area contributed by atoms with Gasteiger partial charge in [0.1, 0.15) is 18.1 Å². The fourth-order valence-corrected chi connectivity index (χ4v) is 2.04. The van der Waals surface area contributed by atoms with Gasteiger partial charge in [-0.3, -0.25) is 4.98 Å². The Balaban J connectivity index is 2.19. The number of ether oxygens (including phenoxy) is 2. The summed E-state index contributed by atoms with van der Waals surface area (Å²) in [6, 6.07) is 5.24. The highest BCUT2D eigenvalue weighted by atomic mass is 32.1. The quantitative estimate of drug-likeness (QED) is 0.829. The summed E-state index contributed by atoms with van der Waals surface area (Å²) < 4.78 is 10.8. The predicted molar refractivity (Wildman–Crippen MR) is 76.1 cm³/mol. The minimum Gasteiger partial charge on any atom is -0.497 e. The van der Waals surface area contributed by atoms with Crippen molar-refractivity contribution in [1.29, 1.82) is 0 Å². The smallest absolute Gasteiger partial charge is 0.328 e. The second kappa shape index (κ2) is 6.72. The molecule has 0 aliphatic rings. The van der Waals surface area contributed by atoms with Gasteiger partial charge in [0.05, 0.1) is 17.5 Å². The molecule has 0 saturated carbocycles. The van der Waals surface area contributed by atoms with E-state index >= 15 is 0 Å². The van der Waals surface area contributed by atoms with Crippen LogP contribution in [0, 0.1) is 0 Å². The molecule has 0 unspecified atom stereocenters. The molecule has 1 aromatic carbocycles. The molecule has 20 heavy (non-hydrogen) atoms. The zero-order valence-electron chi connectivity index (χ0n) is 10.8. The van der Waals surface area contributed by atoms with Gasteiger partial charge in [0.25, 0.3) is 0 Å². The lowest BCUT2D eigenvalue weighted by atomic mass is 10.1. The van der Waals surface area contributed by atoms with Crippen LogP contribution < -0.4 is 9.47 Å². The third kappa shape index (κ3) is 3.83. The summed E-state index contributed by atoms with van der Waals surface area (Å²) in [5, 5.41) is 8.71. The van der Waals surface area contributed by atoms with Gasteiger partial charge in [-0.1, -0.05) is 0 Å². The summed E-state index contributed by atoms with van der Waals surface area (Å²) in [4.78, 5) is 15.6. The zero-order chi connectivity index (χ0) is 14.4. The van der Waals surface area contributed by atoms with E-state index in [1.807, 2.05) is 0 Å². The summed E-state index contributed by atoms with van der Waals surface area (Å²) in [5.41, 5.74) is 2.38. The largest absolute Gasteiger partial charge is 0.497 e. The molecule has 0 radical (unpaired) electrons. The normalized spacial score (nSPS) is 10.7. The SMILES string of the molecule is COc1ccc(OCc2cncs2)c(/C=C/C(=O)O)c1. The molecule has 2 aromatic rings. The molecule has 0 spiro atoms. The number of carboxylic acid groups (broad SMARTS) is 1. The molecule has 104 valence electrons. The molecule has 0 atom stereocenters. The van der Waals surface area contributed by atoms with Gasteiger partial charge in [-0.05, 0) is 24.3 Å². The van der Waals surface area contributed by atoms with Crippen LogP contribution in [-0.2, 0) is 11.4 Å². The maximum atomic E-state index is 10.6. The summed E-state index contributed by atoms with van der Waals surface area (Å²) >= 11 is 1.50. The van der Waals surface area contributed by atoms with Gasteiger partial charge >= 0.3 is 5.97 Å². The molecule has 0 aliphatic heterocycles. The molecule has 1 aromatic heterocycles. The second-order valence-corrected chi connectivity index (χ2v) is 4.80. The number of hydrogen-bond donors (Lipinski definition) is 1. The van der Waals surface area contributed by atoms with Crippen molar-refractivity contribution in [1.82, 2.24) is 4.98 Å². The summed E-state index contributed by atoms with van der Waals surface area (Å²) in [5.74, 6) is 0.220. The van der Waals surface area contributed by atoms with E-state index in [4.69, 9.17) is 14.6 Å². The van der Waals surface area contributed by atoms with Crippen LogP contribution >= 0.6 is 11.3 Å². The number of carbonyl (C=O) groups is 1. The number of thiazole rings is 1. The molecule has 1 heterocycles. The Kier molecular flexibility index (Phi) is 4.73. The van der Waals surface area contributed by atoms with E-state index in [0.29, 0.717) is 23.7 Å². The van der Waals surface area contributed by atoms with Crippen molar-refractivity contribution in [2.24, 2.45) is 0 Å². The molecule has 2 rings (SSSR count). The van der Waals surface area contributed by atoms with E-state index in [2.05, 4.69) is 4.98 Å². The molecule has 5 nitrogen and oxygen atoms in total. The minimum absolute atomic E-state index is 0.394. The van der Waals surface area contributed by atoms with E-state index in [1.165, 1.54) is 17.4 Å². The van der Waals surface area contributed by atoms with Crippen LogP contribution in [0.1, 0.15) is 10.4 Å². The van der Waals surface area contributed by atoms with Crippen LogP contribution in [-0.4, -0.2) is 23.2 Å². The first-order chi connectivity index (χ1) is 9.69. The Hall–Kier alpha value is -2.34. The van der Waals surface area contributed by atoms with Crippen LogP contribution in [0.3, 0.4) is 0 Å². The Morgan fingerprint density at radius 3 is 3.00 bits per heavy atom. The number of hydrogen-bond acceptors (Lipinski definition) is 5. The van der Waals surface area contributed by atoms with Crippen LogP contribution in [0.2, 0.25) is 0 Å². The first-order valence-electron chi connectivity index (χ1n) is 5.78. The lowest BCUT2D eigenvalue weighted by Gasteiger charge is -2.09. The Labute approximate surface area is 120 Å². The summed E-state index contributed by atoms with van der Waals surface area (Å²) in [6.45, 7) is 0.394. The van der Waals surface area contributed by atoms with Gasteiger partial charge in [0, 0.05) is 17.8 Å². The summed E-state index contributed by atoms with van der Waals surface area (Å²) in [6.07, 6.45) is 4.28. The topological polar surface area (TPSA) is 68.7 Å². The summed E-state index contributed by atoms with van der Waals surface area (Å²) in [7, 11) is 1.55. The number of benzene rings is 1. The number of nitrogens with zero attached hydrogens (tertiary/aromatic N) is 1. The van der Waals surface area contributed by atoms with Crippen molar-refractivity contribution in [2.45, 2.75) is 6.61 Å². The van der Waals surface area contributed by atoms with Crippen LogP contribution in [0.25, 0.3) is 6.08 Å². The fraction of sp³-hybridized carbons (Fsp3) is 0.143. The lowest BCUT2D eigenvalue weighted by molar-refractivity contribution is -0.131. The van der Waals surface area contributed by atoms with Crippen molar-refractivity contribution in [3.63, 3.8) is 0 Å². The monoisotopic (exact) mass is 291 g/mol. The number of aromatic nitrogens is 1. The van der Waals surface area contributed by atoms with Gasteiger partial charge in [-0.15, -0.1) is 11.3 Å². The van der Waals surface area contributed by atoms with Gasteiger partial charge in [-0.2, -0.15) is 0 Å². The van der Waals surface area contributed by atoms with Crippen molar-refractivity contribution in [3.8, 4) is 11.5 Å². The molecule has 0 fully saturated rings. The molecular formula is C14H13NO4S. The van der Waals surface area contributed by atoms with Crippen molar-refractivity contribution < 1.29 is 19.4 Å². The van der Waals surface area contributed by atoms with Crippen LogP contribution in [0.15, 0.2) is 36.0 Å². The molecule has 0 saturated heterocycles. The van der Waals surface area contributed by atoms with Crippen molar-refractivity contribution in [2.75, 3.05) is 7.11 Å². The maximum Gasteiger partial charge on any atom is 0.328 e. The van der Waals surface area contributed by atoms with E-state index in [-0.39, 0.29) is 0 Å². The number of carboxylic acids is 1. The number of methoxy groups -OCH3 is 1. The zero-order valence-corrected chi connectivity index (χ0v) is 11.6. The Morgan fingerprint density at radius 1 is 1.50 bits per heavy atom. The second-order valence-electron chi connectivity index (χ2n) is 3.83. The highest BCUT2D eigenvalue weighted by Crippen LogP contribution is 2.26. The van der Waals surface area contributed by atoms with E-state index < -0.39 is 5.97 Å². The molecule has 0 amide bonds. The van der Waals surface area contributed by atoms with E-state index in [9.17, 15) is 4.79 Å². The first kappa shape index (κ1) is 14.1. The standard InChI is InChI=1S/C14H13NO4S/c1-18-11-3-4-13(10(6-11)2-5-14(16)17)19-8-12-7-15-9-20-12/h2-7,9H,8H2,1H3,(H,16,17)/b5-2+. The highest BCUT2D eigenvalue weighted by Gasteiger charge is 2.05. The van der Waals surface area contributed by atoms with Gasteiger partial charge < -0.3 is 14.6 Å². The number of rotatable bonds is 6. The van der Waals surface area contributed by atoms with Crippen molar-refractivity contribution >= 4 is 23.4 Å². The molecule has 6 heteroatoms. The number of aliphatic carboxylic acids is 1. The first-order valence-corrected chi connectivity index (χ1v) is 6.66. The van der Waals surface area contributed by atoms with Crippen LogP contribution in [0.5, 0.6) is 11.5 Å². The predicted octanol–water partition coefficient (Wildman–Crippen LogP) is 2.83. The van der Waals surface area contributed by atoms with Gasteiger partial charge in [0.15, 0.2) is 0 Å². The lowest BCUT2D eigenvalue weighted by Crippen LogP contribution is -1.96. The molecular weight excluding hydrogens is 278 g/mol. The minimum atomic E-state index is -1.01. The molecule has 0 aliphatic carbocycles. The Bertz CT molecular complexity index is 608. The van der Waals surface area contributed by atoms with Crippen LogP contribution in [0.4, 0.5) is 0 Å². The third-order valence-electron chi connectivity index (χ3n) is 2.48. The average molecular weight is 291 g/mol. The third-order valence-corrected chi connectivity index (χ3v) is 3.23. The Morgan fingerprint density at radius 2 is 2.35 bits per heavy atom. The van der Waals surface area contributed by atoms with Gasteiger partial charge in [0.2, 0.25) is 0 Å². The highest BCUT2D eigenvalue weighted by molar-refractivity contribution is 7.09. The van der Waals surface area contributed by atoms with Gasteiger partial charge in [-0.25, -0.2) is 4.79 Å². The van der Waals surface area contributed by atoms with E-state index in [1.54, 1.807) is 37.0 Å². The average Bonchev–Trinajstić information content (AvgIpc) is 2.96. The van der Waals surface area contributed by atoms with E-state index in [0.717, 1.165) is 11.0 Å². The fourth-order valence-electron chi connectivity index (χ4n) is 1.54. The van der Waals surface area contributed by atoms with Crippen molar-refractivity contribution in [3.05, 3.63) is 46.4 Å². The molecule has 1 N–H and O–H groups in total.